The number of nitrogens with one attached hydrogen (secondary N) is 1. The molecular weight excluding hydrogens is 358 g/mol. The minimum absolute atomic E-state index is 0.128. The van der Waals surface area contributed by atoms with Gasteiger partial charge in [0, 0.05) is 33.5 Å². The first kappa shape index (κ1) is 17.8. The highest BCUT2D eigenvalue weighted by Gasteiger charge is 2.26. The van der Waals surface area contributed by atoms with Gasteiger partial charge in [-0.3, -0.25) is 4.79 Å². The van der Waals surface area contributed by atoms with Crippen molar-refractivity contribution in [1.82, 2.24) is 24.6 Å². The van der Waals surface area contributed by atoms with Crippen LogP contribution in [0.15, 0.2) is 30.3 Å². The molecule has 4 aromatic rings. The average Bonchev–Trinajstić information content (AvgIpc) is 3.21. The van der Waals surface area contributed by atoms with Gasteiger partial charge < -0.3 is 9.72 Å². The summed E-state index contributed by atoms with van der Waals surface area (Å²) < 4.78 is 6.83. The van der Waals surface area contributed by atoms with Crippen molar-refractivity contribution >= 4 is 28.4 Å². The Morgan fingerprint density at radius 2 is 1.89 bits per heavy atom. The molecule has 0 aliphatic rings. The minimum atomic E-state index is -0.979. The van der Waals surface area contributed by atoms with Gasteiger partial charge >= 0.3 is 5.97 Å². The van der Waals surface area contributed by atoms with Crippen LogP contribution in [0, 0.1) is 20.8 Å². The summed E-state index contributed by atoms with van der Waals surface area (Å²) in [6.45, 7) is 7.05. The van der Waals surface area contributed by atoms with Gasteiger partial charge in [0.15, 0.2) is 6.10 Å². The Morgan fingerprint density at radius 1 is 1.14 bits per heavy atom. The molecule has 0 saturated heterocycles. The number of hydrogen-bond donors (Lipinski definition) is 1. The van der Waals surface area contributed by atoms with Crippen molar-refractivity contribution in [3.8, 4) is 0 Å². The molecule has 1 atom stereocenters. The predicted octanol–water partition coefficient (Wildman–Crippen LogP) is 2.96. The van der Waals surface area contributed by atoms with E-state index in [0.29, 0.717) is 11.3 Å². The predicted molar refractivity (Wildman–Crippen MR) is 102 cm³/mol. The minimum Gasteiger partial charge on any atom is -0.448 e. The molecule has 3 heterocycles. The van der Waals surface area contributed by atoms with Crippen LogP contribution in [-0.4, -0.2) is 42.4 Å². The second-order valence-corrected chi connectivity index (χ2v) is 6.77. The first-order valence-electron chi connectivity index (χ1n) is 8.88. The Balaban J connectivity index is 1.60. The lowest BCUT2D eigenvalue weighted by atomic mass is 10.0. The van der Waals surface area contributed by atoms with E-state index in [1.807, 2.05) is 51.1 Å². The molecule has 8 nitrogen and oxygen atoms in total. The molecule has 0 bridgehead atoms. The summed E-state index contributed by atoms with van der Waals surface area (Å²) in [6, 6.07) is 9.35. The van der Waals surface area contributed by atoms with Gasteiger partial charge in [-0.25, -0.2) is 14.3 Å². The van der Waals surface area contributed by atoms with Gasteiger partial charge in [0.2, 0.25) is 5.78 Å². The zero-order valence-corrected chi connectivity index (χ0v) is 16.0. The van der Waals surface area contributed by atoms with Gasteiger partial charge in [0.05, 0.1) is 0 Å². The molecule has 28 heavy (non-hydrogen) atoms. The number of carbonyl (C=O) groups excluding carboxylic acids is 2. The van der Waals surface area contributed by atoms with Crippen LogP contribution in [0.5, 0.6) is 0 Å². The highest BCUT2D eigenvalue weighted by molar-refractivity contribution is 6.11. The lowest BCUT2D eigenvalue weighted by molar-refractivity contribution is 0.0307. The van der Waals surface area contributed by atoms with Crippen LogP contribution in [0.2, 0.25) is 0 Å². The number of H-pyrrole nitrogens is 1. The Labute approximate surface area is 160 Å². The number of ether oxygens (including phenoxy) is 1. The van der Waals surface area contributed by atoms with Crippen molar-refractivity contribution in [2.24, 2.45) is 0 Å². The molecule has 0 saturated carbocycles. The van der Waals surface area contributed by atoms with E-state index in [1.165, 1.54) is 4.52 Å². The van der Waals surface area contributed by atoms with Gasteiger partial charge in [-0.05, 0) is 39.8 Å². The molecule has 0 spiro atoms. The maximum atomic E-state index is 12.9. The summed E-state index contributed by atoms with van der Waals surface area (Å²) in [4.78, 5) is 37.0. The maximum absolute atomic E-state index is 12.9. The molecule has 8 heteroatoms. The third-order valence-corrected chi connectivity index (χ3v) is 4.59. The summed E-state index contributed by atoms with van der Waals surface area (Å²) in [5, 5.41) is 4.95. The van der Waals surface area contributed by atoms with Gasteiger partial charge in [0.25, 0.3) is 11.6 Å². The quantitative estimate of drug-likeness (QED) is 0.433. The lowest BCUT2D eigenvalue weighted by Gasteiger charge is -2.11. The van der Waals surface area contributed by atoms with Crippen molar-refractivity contribution in [1.29, 1.82) is 0 Å². The number of aromatic amines is 1. The molecule has 1 unspecified atom stereocenters. The first-order valence-corrected chi connectivity index (χ1v) is 8.88. The van der Waals surface area contributed by atoms with Crippen molar-refractivity contribution in [3.63, 3.8) is 0 Å². The zero-order chi connectivity index (χ0) is 20.0. The summed E-state index contributed by atoms with van der Waals surface area (Å²) >= 11 is 0. The number of Topliss-reactive ketones (excluding diaryl/α,β-unsaturated/α-hetero) is 1. The second kappa shape index (κ2) is 6.56. The summed E-state index contributed by atoms with van der Waals surface area (Å²) in [5.41, 5.74) is 3.69. The van der Waals surface area contributed by atoms with Crippen LogP contribution < -0.4 is 0 Å². The largest absolute Gasteiger partial charge is 0.448 e. The highest BCUT2D eigenvalue weighted by Crippen LogP contribution is 2.24. The summed E-state index contributed by atoms with van der Waals surface area (Å²) in [5.74, 6) is -0.856. The van der Waals surface area contributed by atoms with E-state index in [4.69, 9.17) is 4.74 Å². The molecule has 1 N–H and O–H groups in total. The zero-order valence-electron chi connectivity index (χ0n) is 16.0. The molecule has 142 valence electrons. The number of carbonyl (C=O) groups is 2. The third-order valence-electron chi connectivity index (χ3n) is 4.59. The van der Waals surface area contributed by atoms with E-state index in [-0.39, 0.29) is 11.6 Å². The van der Waals surface area contributed by atoms with Crippen molar-refractivity contribution in [2.45, 2.75) is 33.8 Å². The number of aromatic nitrogens is 5. The summed E-state index contributed by atoms with van der Waals surface area (Å²) in [7, 11) is 0. The normalized spacial score (nSPS) is 12.4. The fraction of sp³-hybridized carbons (Fsp3) is 0.250. The Bertz CT molecular complexity index is 1240. The van der Waals surface area contributed by atoms with Crippen LogP contribution in [-0.2, 0) is 4.74 Å². The van der Waals surface area contributed by atoms with Gasteiger partial charge in [0.1, 0.15) is 0 Å². The molecule has 0 aliphatic heterocycles. The average molecular weight is 377 g/mol. The third kappa shape index (κ3) is 2.92. The Morgan fingerprint density at radius 3 is 2.68 bits per heavy atom. The van der Waals surface area contributed by atoms with E-state index >= 15 is 0 Å². The van der Waals surface area contributed by atoms with Gasteiger partial charge in [-0.1, -0.05) is 18.2 Å². The number of aryl methyl sites for hydroxylation is 3. The number of para-hydroxylation sites is 1. The van der Waals surface area contributed by atoms with E-state index in [0.717, 1.165) is 28.0 Å². The van der Waals surface area contributed by atoms with Crippen LogP contribution in [0.4, 0.5) is 0 Å². The van der Waals surface area contributed by atoms with Crippen molar-refractivity contribution in [3.05, 3.63) is 58.8 Å². The molecule has 0 aliphatic carbocycles. The number of esters is 1. The Kier molecular flexibility index (Phi) is 4.18. The molecule has 0 fully saturated rings. The topological polar surface area (TPSA) is 102 Å². The van der Waals surface area contributed by atoms with E-state index in [1.54, 1.807) is 6.92 Å². The standard InChI is InChI=1S/C20H19N5O3/c1-10-9-11(2)25-20(21-10)23-18(24-25)19(27)28-13(4)17(26)16-12(3)22-15-8-6-5-7-14(15)16/h5-9,13,22H,1-4H3. The molecule has 0 amide bonds. The van der Waals surface area contributed by atoms with Gasteiger partial charge in [-0.15, -0.1) is 5.10 Å². The first-order chi connectivity index (χ1) is 13.3. The monoisotopic (exact) mass is 377 g/mol. The molecule has 4 rings (SSSR count). The van der Waals surface area contributed by atoms with Gasteiger partial charge in [-0.2, -0.15) is 4.98 Å². The van der Waals surface area contributed by atoms with E-state index < -0.39 is 12.1 Å². The molecule has 3 aromatic heterocycles. The summed E-state index contributed by atoms with van der Waals surface area (Å²) in [6.07, 6.45) is -0.979. The fourth-order valence-electron chi connectivity index (χ4n) is 3.32. The van der Waals surface area contributed by atoms with Crippen LogP contribution in [0.25, 0.3) is 16.7 Å². The number of ketones is 1. The number of nitrogens with zero attached hydrogens (tertiary/aromatic N) is 4. The molecule has 1 aromatic carbocycles. The van der Waals surface area contributed by atoms with Crippen LogP contribution in [0.1, 0.15) is 45.0 Å². The number of benzene rings is 1. The smallest absolute Gasteiger partial charge is 0.379 e. The Hall–Kier alpha value is -3.55. The SMILES string of the molecule is Cc1cc(C)n2nc(C(=O)OC(C)C(=O)c3c(C)[nH]c4ccccc34)nc2n1. The van der Waals surface area contributed by atoms with Crippen LogP contribution >= 0.6 is 0 Å². The maximum Gasteiger partial charge on any atom is 0.379 e. The highest BCUT2D eigenvalue weighted by atomic mass is 16.5. The molecular formula is C20H19N5O3. The number of fused-ring (bicyclic) bond motifs is 2. The fourth-order valence-corrected chi connectivity index (χ4v) is 3.32. The second-order valence-electron chi connectivity index (χ2n) is 6.77. The van der Waals surface area contributed by atoms with E-state index in [9.17, 15) is 9.59 Å². The van der Waals surface area contributed by atoms with Crippen molar-refractivity contribution in [2.75, 3.05) is 0 Å². The number of rotatable bonds is 4. The molecule has 0 radical (unpaired) electrons. The van der Waals surface area contributed by atoms with E-state index in [2.05, 4.69) is 20.1 Å². The number of hydrogen-bond acceptors (Lipinski definition) is 6. The van der Waals surface area contributed by atoms with Crippen LogP contribution in [0.3, 0.4) is 0 Å². The van der Waals surface area contributed by atoms with Crippen molar-refractivity contribution < 1.29 is 14.3 Å². The lowest BCUT2D eigenvalue weighted by Crippen LogP contribution is -2.25.